The van der Waals surface area contributed by atoms with Crippen LogP contribution in [0.25, 0.3) is 5.57 Å². The fraction of sp³-hybridized carbons (Fsp3) is 0.111. The van der Waals surface area contributed by atoms with Gasteiger partial charge in [-0.2, -0.15) is 0 Å². The highest BCUT2D eigenvalue weighted by Gasteiger charge is 2.53. The van der Waals surface area contributed by atoms with Gasteiger partial charge >= 0.3 is 0 Å². The number of anilines is 5. The Morgan fingerprint density at radius 2 is 1.11 bits per heavy atom. The summed E-state index contributed by atoms with van der Waals surface area (Å²) in [6, 6.07) is 59.4. The van der Waals surface area contributed by atoms with E-state index in [1.165, 1.54) is 44.8 Å². The number of allylic oxidation sites excluding steroid dienone is 2. The van der Waals surface area contributed by atoms with Gasteiger partial charge in [0.1, 0.15) is 0 Å². The molecule has 0 aromatic heterocycles. The van der Waals surface area contributed by atoms with Crippen LogP contribution in [-0.2, 0) is 5.41 Å². The van der Waals surface area contributed by atoms with E-state index >= 15 is 0 Å². The lowest BCUT2D eigenvalue weighted by Crippen LogP contribution is -2.44. The summed E-state index contributed by atoms with van der Waals surface area (Å²) in [6.07, 6.45) is 5.18. The van der Waals surface area contributed by atoms with Gasteiger partial charge in [0.25, 0.3) is 0 Å². The van der Waals surface area contributed by atoms with Crippen LogP contribution in [0.4, 0.5) is 28.4 Å². The van der Waals surface area contributed by atoms with Crippen LogP contribution >= 0.6 is 0 Å². The molecule has 9 rings (SSSR count). The minimum absolute atomic E-state index is 0.216. The van der Waals surface area contributed by atoms with Crippen molar-refractivity contribution in [2.24, 2.45) is 0 Å². The maximum Gasteiger partial charge on any atom is 0.0715 e. The Morgan fingerprint density at radius 1 is 0.553 bits per heavy atom. The van der Waals surface area contributed by atoms with Gasteiger partial charge in [0.05, 0.1) is 5.54 Å². The fourth-order valence-electron chi connectivity index (χ4n) is 8.51. The number of para-hydroxylation sites is 3. The van der Waals surface area contributed by atoms with E-state index < -0.39 is 0 Å². The van der Waals surface area contributed by atoms with Gasteiger partial charge < -0.3 is 9.80 Å². The lowest BCUT2D eigenvalue weighted by atomic mass is 9.68. The first-order valence-electron chi connectivity index (χ1n) is 16.6. The Labute approximate surface area is 277 Å². The van der Waals surface area contributed by atoms with Crippen molar-refractivity contribution in [1.29, 1.82) is 0 Å². The van der Waals surface area contributed by atoms with Gasteiger partial charge in [-0.25, -0.2) is 0 Å². The molecule has 3 aliphatic rings. The maximum atomic E-state index is 2.61. The van der Waals surface area contributed by atoms with Crippen LogP contribution in [-0.4, -0.2) is 5.54 Å². The smallest absolute Gasteiger partial charge is 0.0715 e. The molecule has 2 nitrogen and oxygen atoms in total. The normalized spacial score (nSPS) is 22.0. The zero-order valence-electron chi connectivity index (χ0n) is 26.7. The van der Waals surface area contributed by atoms with Gasteiger partial charge in [-0.3, -0.25) is 0 Å². The van der Waals surface area contributed by atoms with Crippen molar-refractivity contribution in [2.45, 2.75) is 30.7 Å². The van der Waals surface area contributed by atoms with E-state index in [1.807, 2.05) is 0 Å². The molecule has 0 spiro atoms. The third kappa shape index (κ3) is 4.04. The zero-order chi connectivity index (χ0) is 31.6. The van der Waals surface area contributed by atoms with Gasteiger partial charge in [0, 0.05) is 39.8 Å². The molecule has 3 unspecified atom stereocenters. The van der Waals surface area contributed by atoms with Gasteiger partial charge in [-0.05, 0) is 102 Å². The van der Waals surface area contributed by atoms with Crippen molar-refractivity contribution in [2.75, 3.05) is 9.80 Å². The molecular weight excluding hydrogens is 569 g/mol. The van der Waals surface area contributed by atoms with Crippen molar-refractivity contribution in [3.8, 4) is 0 Å². The molecule has 47 heavy (non-hydrogen) atoms. The highest BCUT2D eigenvalue weighted by molar-refractivity contribution is 5.95. The molecule has 226 valence electrons. The number of fused-ring (bicyclic) bond motifs is 6. The van der Waals surface area contributed by atoms with Gasteiger partial charge in [0.2, 0.25) is 0 Å². The largest absolute Gasteiger partial charge is 0.331 e. The molecule has 2 heteroatoms. The Hall–Kier alpha value is -5.60. The van der Waals surface area contributed by atoms with Crippen molar-refractivity contribution in [3.05, 3.63) is 204 Å². The SMILES string of the molecule is CC1(c2ccccc2)C2=CC3(C)C(C=C2c2ccccc21)c1ccccc1N3c1ccc(N(c2ccccc2)c2ccccc2)cc1. The summed E-state index contributed by atoms with van der Waals surface area (Å²) in [7, 11) is 0. The third-order valence-corrected chi connectivity index (χ3v) is 10.7. The molecule has 0 radical (unpaired) electrons. The van der Waals surface area contributed by atoms with Crippen LogP contribution < -0.4 is 9.80 Å². The molecule has 6 aromatic carbocycles. The first-order valence-corrected chi connectivity index (χ1v) is 16.6. The molecule has 2 aliphatic carbocycles. The molecule has 0 saturated heterocycles. The molecule has 3 atom stereocenters. The Bertz CT molecular complexity index is 2130. The highest BCUT2D eigenvalue weighted by atomic mass is 15.2. The standard InChI is InChI=1S/C45H36N2/c1-44-31-42-39(37-22-12-14-24-40(37)45(42,2)32-16-6-3-7-17-32)30-41(44)38-23-13-15-25-43(38)47(44)36-28-26-35(27-29-36)46(33-18-8-4-9-19-33)34-20-10-5-11-21-34/h3-31,41H,1-2H3. The second-order valence-electron chi connectivity index (χ2n) is 13.3. The minimum atomic E-state index is -0.291. The molecule has 1 heterocycles. The lowest BCUT2D eigenvalue weighted by Gasteiger charge is -2.43. The summed E-state index contributed by atoms with van der Waals surface area (Å²) in [5.41, 5.74) is 13.6. The molecule has 6 aromatic rings. The number of hydrogen-bond donors (Lipinski definition) is 0. The Morgan fingerprint density at radius 3 is 1.79 bits per heavy atom. The van der Waals surface area contributed by atoms with E-state index in [0.717, 1.165) is 17.1 Å². The Kier molecular flexibility index (Phi) is 6.17. The third-order valence-electron chi connectivity index (χ3n) is 10.7. The predicted molar refractivity (Wildman–Crippen MR) is 196 cm³/mol. The summed E-state index contributed by atoms with van der Waals surface area (Å²) in [5.74, 6) is 0.216. The summed E-state index contributed by atoms with van der Waals surface area (Å²) in [5, 5.41) is 0. The molecule has 0 bridgehead atoms. The van der Waals surface area contributed by atoms with Crippen molar-refractivity contribution in [3.63, 3.8) is 0 Å². The van der Waals surface area contributed by atoms with E-state index in [4.69, 9.17) is 0 Å². The first kappa shape index (κ1) is 27.7. The van der Waals surface area contributed by atoms with Crippen LogP contribution in [0.5, 0.6) is 0 Å². The van der Waals surface area contributed by atoms with Crippen LogP contribution in [0.15, 0.2) is 182 Å². The number of nitrogens with zero attached hydrogens (tertiary/aromatic N) is 2. The molecule has 0 saturated carbocycles. The fourth-order valence-corrected chi connectivity index (χ4v) is 8.51. The van der Waals surface area contributed by atoms with Crippen molar-refractivity contribution >= 4 is 34.0 Å². The van der Waals surface area contributed by atoms with Crippen LogP contribution in [0.2, 0.25) is 0 Å². The summed E-state index contributed by atoms with van der Waals surface area (Å²) in [4.78, 5) is 4.91. The highest BCUT2D eigenvalue weighted by Crippen LogP contribution is 2.62. The second-order valence-corrected chi connectivity index (χ2v) is 13.3. The van der Waals surface area contributed by atoms with Gasteiger partial charge in [-0.1, -0.05) is 121 Å². The number of hydrogen-bond acceptors (Lipinski definition) is 2. The van der Waals surface area contributed by atoms with Crippen molar-refractivity contribution in [1.82, 2.24) is 0 Å². The average Bonchev–Trinajstić information content (AvgIpc) is 3.54. The Balaban J connectivity index is 1.19. The van der Waals surface area contributed by atoms with Crippen LogP contribution in [0, 0.1) is 0 Å². The number of rotatable bonds is 5. The number of benzene rings is 6. The summed E-state index contributed by atoms with van der Waals surface area (Å²) < 4.78 is 0. The lowest BCUT2D eigenvalue weighted by molar-refractivity contribution is 0.531. The molecule has 0 amide bonds. The molecule has 1 aliphatic heterocycles. The predicted octanol–water partition coefficient (Wildman–Crippen LogP) is 11.5. The van der Waals surface area contributed by atoms with Crippen molar-refractivity contribution < 1.29 is 0 Å². The van der Waals surface area contributed by atoms with E-state index in [-0.39, 0.29) is 16.9 Å². The van der Waals surface area contributed by atoms with Gasteiger partial charge in [0.15, 0.2) is 0 Å². The first-order chi connectivity index (χ1) is 23.1. The summed E-state index contributed by atoms with van der Waals surface area (Å²) in [6.45, 7) is 4.85. The average molecular weight is 605 g/mol. The van der Waals surface area contributed by atoms with Gasteiger partial charge in [-0.15, -0.1) is 0 Å². The minimum Gasteiger partial charge on any atom is -0.331 e. The van der Waals surface area contributed by atoms with E-state index in [0.29, 0.717) is 0 Å². The maximum absolute atomic E-state index is 2.61. The van der Waals surface area contributed by atoms with E-state index in [2.05, 4.69) is 200 Å². The van der Waals surface area contributed by atoms with E-state index in [9.17, 15) is 0 Å². The van der Waals surface area contributed by atoms with Crippen LogP contribution in [0.3, 0.4) is 0 Å². The van der Waals surface area contributed by atoms with Crippen LogP contribution in [0.1, 0.15) is 42.0 Å². The molecule has 0 N–H and O–H groups in total. The molecule has 0 fully saturated rings. The topological polar surface area (TPSA) is 6.48 Å². The monoisotopic (exact) mass is 604 g/mol. The second kappa shape index (κ2) is 10.5. The molecular formula is C45H36N2. The summed E-state index contributed by atoms with van der Waals surface area (Å²) >= 11 is 0. The van der Waals surface area contributed by atoms with E-state index in [1.54, 1.807) is 0 Å². The quantitative estimate of drug-likeness (QED) is 0.193. The zero-order valence-corrected chi connectivity index (χ0v) is 26.7.